The summed E-state index contributed by atoms with van der Waals surface area (Å²) in [5, 5.41) is 15.5. The number of carbonyl (C=O) groups excluding carboxylic acids is 1. The molecule has 0 aromatic heterocycles. The van der Waals surface area contributed by atoms with Crippen molar-refractivity contribution in [1.82, 2.24) is 10.6 Å². The number of aliphatic hydroxyl groups is 1. The molecule has 0 bridgehead atoms. The van der Waals surface area contributed by atoms with Crippen LogP contribution < -0.4 is 10.6 Å². The van der Waals surface area contributed by atoms with Gasteiger partial charge in [-0.2, -0.15) is 0 Å². The molecule has 3 N–H and O–H groups in total. The van der Waals surface area contributed by atoms with E-state index in [0.29, 0.717) is 18.5 Å². The highest BCUT2D eigenvalue weighted by atomic mass is 16.3. The van der Waals surface area contributed by atoms with Crippen LogP contribution in [-0.4, -0.2) is 36.2 Å². The molecule has 0 atom stereocenters. The molecule has 0 spiro atoms. The third-order valence-electron chi connectivity index (χ3n) is 4.15. The minimum Gasteiger partial charge on any atom is -0.393 e. The largest absolute Gasteiger partial charge is 0.393 e. The van der Waals surface area contributed by atoms with Crippen molar-refractivity contribution in [1.29, 1.82) is 0 Å². The zero-order valence-corrected chi connectivity index (χ0v) is 11.2. The quantitative estimate of drug-likeness (QED) is 0.646. The minimum atomic E-state index is -0.100. The van der Waals surface area contributed by atoms with Crippen LogP contribution in [0.3, 0.4) is 0 Å². The van der Waals surface area contributed by atoms with E-state index in [2.05, 4.69) is 10.6 Å². The fourth-order valence-electron chi connectivity index (χ4n) is 2.96. The second-order valence-electron chi connectivity index (χ2n) is 5.88. The van der Waals surface area contributed by atoms with Gasteiger partial charge >= 0.3 is 0 Å². The van der Waals surface area contributed by atoms with Gasteiger partial charge in [0.1, 0.15) is 0 Å². The number of hydrogen-bond donors (Lipinski definition) is 3. The average Bonchev–Trinajstić information content (AvgIpc) is 2.55. The Hall–Kier alpha value is -0.610. The van der Waals surface area contributed by atoms with Crippen LogP contribution in [0.4, 0.5) is 0 Å². The summed E-state index contributed by atoms with van der Waals surface area (Å²) in [5.41, 5.74) is 0. The van der Waals surface area contributed by atoms with Gasteiger partial charge in [0.05, 0.1) is 12.6 Å². The van der Waals surface area contributed by atoms with E-state index in [4.69, 9.17) is 5.11 Å². The number of amides is 1. The lowest BCUT2D eigenvalue weighted by Crippen LogP contribution is -2.43. The normalized spacial score (nSPS) is 29.4. The van der Waals surface area contributed by atoms with Gasteiger partial charge < -0.3 is 15.7 Å². The van der Waals surface area contributed by atoms with Crippen LogP contribution in [0, 0.1) is 5.92 Å². The van der Waals surface area contributed by atoms with Crippen LogP contribution in [0.1, 0.15) is 51.4 Å². The molecule has 4 heteroatoms. The summed E-state index contributed by atoms with van der Waals surface area (Å²) < 4.78 is 0. The maximum Gasteiger partial charge on any atom is 0.234 e. The summed E-state index contributed by atoms with van der Waals surface area (Å²) in [6, 6.07) is 0.396. The highest BCUT2D eigenvalue weighted by Crippen LogP contribution is 2.25. The van der Waals surface area contributed by atoms with E-state index >= 15 is 0 Å². The van der Waals surface area contributed by atoms with Gasteiger partial charge in [0.25, 0.3) is 0 Å². The van der Waals surface area contributed by atoms with E-state index in [0.717, 1.165) is 32.2 Å². The van der Waals surface area contributed by atoms with E-state index in [1.807, 2.05) is 0 Å². The van der Waals surface area contributed by atoms with Gasteiger partial charge in [-0.3, -0.25) is 4.79 Å². The lowest BCUT2D eigenvalue weighted by atomic mass is 9.82. The molecule has 104 valence electrons. The first-order chi connectivity index (χ1) is 8.74. The molecule has 18 heavy (non-hydrogen) atoms. The van der Waals surface area contributed by atoms with Crippen LogP contribution in [0.2, 0.25) is 0 Å². The van der Waals surface area contributed by atoms with Gasteiger partial charge in [-0.05, 0) is 38.1 Å². The molecule has 0 unspecified atom stereocenters. The van der Waals surface area contributed by atoms with Gasteiger partial charge in [0.15, 0.2) is 0 Å². The molecule has 4 nitrogen and oxygen atoms in total. The van der Waals surface area contributed by atoms with Gasteiger partial charge in [-0.15, -0.1) is 0 Å². The topological polar surface area (TPSA) is 61.4 Å². The number of nitrogens with one attached hydrogen (secondary N) is 2. The third-order valence-corrected chi connectivity index (χ3v) is 4.15. The fraction of sp³-hybridized carbons (Fsp3) is 0.929. The molecule has 0 aromatic rings. The number of hydrogen-bond acceptors (Lipinski definition) is 3. The molecule has 1 amide bonds. The van der Waals surface area contributed by atoms with Crippen molar-refractivity contribution >= 4 is 5.91 Å². The molecule has 0 radical (unpaired) electrons. The van der Waals surface area contributed by atoms with E-state index in [9.17, 15) is 4.79 Å². The first-order valence-electron chi connectivity index (χ1n) is 7.42. The summed E-state index contributed by atoms with van der Waals surface area (Å²) >= 11 is 0. The molecule has 0 aromatic carbocycles. The van der Waals surface area contributed by atoms with Crippen LogP contribution in [0.15, 0.2) is 0 Å². The van der Waals surface area contributed by atoms with Crippen LogP contribution in [0.25, 0.3) is 0 Å². The fourth-order valence-corrected chi connectivity index (χ4v) is 2.96. The molecule has 0 heterocycles. The zero-order chi connectivity index (χ0) is 12.8. The SMILES string of the molecule is O=C(CNCC1CC(O)C1)NC1CCCCCC1. The van der Waals surface area contributed by atoms with Crippen molar-refractivity contribution < 1.29 is 9.90 Å². The zero-order valence-electron chi connectivity index (χ0n) is 11.2. The van der Waals surface area contributed by atoms with Gasteiger partial charge in [-0.1, -0.05) is 25.7 Å². The Kier molecular flexibility index (Phi) is 5.45. The van der Waals surface area contributed by atoms with Crippen LogP contribution in [0.5, 0.6) is 0 Å². The number of aliphatic hydroxyl groups excluding tert-OH is 1. The lowest BCUT2D eigenvalue weighted by Gasteiger charge is -2.31. The number of rotatable bonds is 5. The summed E-state index contributed by atoms with van der Waals surface area (Å²) in [4.78, 5) is 11.8. The van der Waals surface area contributed by atoms with Gasteiger partial charge in [0.2, 0.25) is 5.91 Å². The van der Waals surface area contributed by atoms with Gasteiger partial charge in [0, 0.05) is 6.04 Å². The summed E-state index contributed by atoms with van der Waals surface area (Å²) in [7, 11) is 0. The second-order valence-corrected chi connectivity index (χ2v) is 5.88. The highest BCUT2D eigenvalue weighted by Gasteiger charge is 2.26. The number of carbonyl (C=O) groups is 1. The lowest BCUT2D eigenvalue weighted by molar-refractivity contribution is -0.121. The van der Waals surface area contributed by atoms with Crippen molar-refractivity contribution in [2.75, 3.05) is 13.1 Å². The Balaban J connectivity index is 1.54. The Morgan fingerprint density at radius 3 is 2.39 bits per heavy atom. The Labute approximate surface area is 110 Å². The molecule has 2 rings (SSSR count). The standard InChI is InChI=1S/C14H26N2O2/c17-13-7-11(8-13)9-15-10-14(18)16-12-5-3-1-2-4-6-12/h11-13,15,17H,1-10H2,(H,16,18). The smallest absolute Gasteiger partial charge is 0.234 e. The van der Waals surface area contributed by atoms with E-state index in [1.165, 1.54) is 25.7 Å². The summed E-state index contributed by atoms with van der Waals surface area (Å²) in [6.07, 6.45) is 9.08. The first-order valence-corrected chi connectivity index (χ1v) is 7.42. The third kappa shape index (κ3) is 4.58. The predicted molar refractivity (Wildman–Crippen MR) is 71.2 cm³/mol. The monoisotopic (exact) mass is 254 g/mol. The Morgan fingerprint density at radius 2 is 1.78 bits per heavy atom. The Morgan fingerprint density at radius 1 is 1.11 bits per heavy atom. The van der Waals surface area contributed by atoms with E-state index < -0.39 is 0 Å². The second kappa shape index (κ2) is 7.10. The average molecular weight is 254 g/mol. The molecule has 2 saturated carbocycles. The van der Waals surface area contributed by atoms with Crippen molar-refractivity contribution in [2.45, 2.75) is 63.5 Å². The van der Waals surface area contributed by atoms with Crippen molar-refractivity contribution in [3.63, 3.8) is 0 Å². The van der Waals surface area contributed by atoms with Crippen molar-refractivity contribution in [3.05, 3.63) is 0 Å². The molecule has 0 saturated heterocycles. The molecule has 2 aliphatic rings. The molecular weight excluding hydrogens is 228 g/mol. The molecule has 2 aliphatic carbocycles. The highest BCUT2D eigenvalue weighted by molar-refractivity contribution is 5.78. The predicted octanol–water partition coefficient (Wildman–Crippen LogP) is 1.19. The minimum absolute atomic E-state index is 0.100. The first kappa shape index (κ1) is 13.8. The molecule has 0 aliphatic heterocycles. The van der Waals surface area contributed by atoms with E-state index in [-0.39, 0.29) is 12.0 Å². The molecule has 2 fully saturated rings. The van der Waals surface area contributed by atoms with Crippen molar-refractivity contribution in [2.24, 2.45) is 5.92 Å². The van der Waals surface area contributed by atoms with Crippen LogP contribution in [-0.2, 0) is 4.79 Å². The van der Waals surface area contributed by atoms with E-state index in [1.54, 1.807) is 0 Å². The maximum absolute atomic E-state index is 11.8. The summed E-state index contributed by atoms with van der Waals surface area (Å²) in [6.45, 7) is 1.28. The summed E-state index contributed by atoms with van der Waals surface area (Å²) in [5.74, 6) is 0.687. The van der Waals surface area contributed by atoms with Gasteiger partial charge in [-0.25, -0.2) is 0 Å². The maximum atomic E-state index is 11.8. The van der Waals surface area contributed by atoms with Crippen LogP contribution >= 0.6 is 0 Å². The Bertz CT molecular complexity index is 257. The van der Waals surface area contributed by atoms with Crippen molar-refractivity contribution in [3.8, 4) is 0 Å². The molecular formula is C14H26N2O2.